The third-order valence-electron chi connectivity index (χ3n) is 2.57. The molecule has 0 saturated carbocycles. The van der Waals surface area contributed by atoms with E-state index in [9.17, 15) is 0 Å². The van der Waals surface area contributed by atoms with Gasteiger partial charge in [0.05, 0.1) is 5.71 Å². The van der Waals surface area contributed by atoms with Crippen molar-refractivity contribution in [1.82, 2.24) is 0 Å². The van der Waals surface area contributed by atoms with Crippen LogP contribution in [0.5, 0.6) is 0 Å². The summed E-state index contributed by atoms with van der Waals surface area (Å²) in [4.78, 5) is 6.05. The van der Waals surface area contributed by atoms with Gasteiger partial charge < -0.3 is 4.84 Å². The van der Waals surface area contributed by atoms with Crippen molar-refractivity contribution >= 4 is 40.7 Å². The first-order chi connectivity index (χ1) is 9.69. The molecule has 2 aromatic rings. The van der Waals surface area contributed by atoms with E-state index >= 15 is 0 Å². The maximum absolute atomic E-state index is 5.89. The lowest BCUT2D eigenvalue weighted by molar-refractivity contribution is 0.213. The molecule has 0 amide bonds. The molecule has 0 fully saturated rings. The third-order valence-corrected chi connectivity index (χ3v) is 4.10. The van der Waals surface area contributed by atoms with Gasteiger partial charge in [0.25, 0.3) is 0 Å². The predicted molar refractivity (Wildman–Crippen MR) is 87.2 cm³/mol. The molecule has 2 aromatic carbocycles. The molecule has 0 aromatic heterocycles. The SMILES string of the molecule is CO/N=C(/CSc1ccc(Cl)cc1)c1ccc(Cl)cc1. The van der Waals surface area contributed by atoms with Gasteiger partial charge in [-0.3, -0.25) is 0 Å². The van der Waals surface area contributed by atoms with Gasteiger partial charge in [-0.2, -0.15) is 0 Å². The fraction of sp³-hybridized carbons (Fsp3) is 0.133. The second-order valence-electron chi connectivity index (χ2n) is 3.97. The van der Waals surface area contributed by atoms with E-state index in [1.807, 2.05) is 48.5 Å². The van der Waals surface area contributed by atoms with Crippen LogP contribution in [-0.4, -0.2) is 18.6 Å². The number of hydrogen-bond donors (Lipinski definition) is 0. The van der Waals surface area contributed by atoms with Crippen molar-refractivity contribution in [2.75, 3.05) is 12.9 Å². The van der Waals surface area contributed by atoms with Crippen molar-refractivity contribution in [3.8, 4) is 0 Å². The van der Waals surface area contributed by atoms with E-state index in [1.54, 1.807) is 18.9 Å². The van der Waals surface area contributed by atoms with Crippen LogP contribution in [-0.2, 0) is 4.84 Å². The van der Waals surface area contributed by atoms with Gasteiger partial charge in [0, 0.05) is 26.3 Å². The molecule has 5 heteroatoms. The zero-order valence-corrected chi connectivity index (χ0v) is 13.2. The first-order valence-electron chi connectivity index (χ1n) is 5.93. The maximum Gasteiger partial charge on any atom is 0.106 e. The van der Waals surface area contributed by atoms with Crippen LogP contribution in [0.2, 0.25) is 10.0 Å². The number of thioether (sulfide) groups is 1. The first-order valence-corrected chi connectivity index (χ1v) is 7.67. The summed E-state index contributed by atoms with van der Waals surface area (Å²) in [5.74, 6) is 0.705. The number of benzene rings is 2. The van der Waals surface area contributed by atoms with Crippen molar-refractivity contribution in [2.24, 2.45) is 5.16 Å². The van der Waals surface area contributed by atoms with E-state index in [0.717, 1.165) is 21.2 Å². The highest BCUT2D eigenvalue weighted by Crippen LogP contribution is 2.22. The largest absolute Gasteiger partial charge is 0.399 e. The summed E-state index contributed by atoms with van der Waals surface area (Å²) < 4.78 is 0. The lowest BCUT2D eigenvalue weighted by Gasteiger charge is -2.06. The summed E-state index contributed by atoms with van der Waals surface area (Å²) in [6.45, 7) is 0. The van der Waals surface area contributed by atoms with Gasteiger partial charge in [0.15, 0.2) is 0 Å². The van der Waals surface area contributed by atoms with Crippen LogP contribution < -0.4 is 0 Å². The average Bonchev–Trinajstić information content (AvgIpc) is 2.46. The molecule has 2 rings (SSSR count). The number of halogens is 2. The Balaban J connectivity index is 2.08. The van der Waals surface area contributed by atoms with E-state index in [1.165, 1.54) is 0 Å². The monoisotopic (exact) mass is 325 g/mol. The fourth-order valence-electron chi connectivity index (χ4n) is 1.60. The lowest BCUT2D eigenvalue weighted by Crippen LogP contribution is -2.05. The molecule has 20 heavy (non-hydrogen) atoms. The van der Waals surface area contributed by atoms with E-state index in [0.29, 0.717) is 10.8 Å². The van der Waals surface area contributed by atoms with Gasteiger partial charge in [-0.25, -0.2) is 0 Å². The van der Waals surface area contributed by atoms with Crippen LogP contribution in [0.1, 0.15) is 5.56 Å². The highest BCUT2D eigenvalue weighted by Gasteiger charge is 2.06. The third kappa shape index (κ3) is 4.44. The molecule has 0 saturated heterocycles. The van der Waals surface area contributed by atoms with Gasteiger partial charge in [0.1, 0.15) is 7.11 Å². The minimum absolute atomic E-state index is 0.705. The van der Waals surface area contributed by atoms with E-state index < -0.39 is 0 Å². The minimum Gasteiger partial charge on any atom is -0.399 e. The summed E-state index contributed by atoms with van der Waals surface area (Å²) in [6, 6.07) is 15.3. The summed E-state index contributed by atoms with van der Waals surface area (Å²) in [6.07, 6.45) is 0. The number of nitrogens with zero attached hydrogens (tertiary/aromatic N) is 1. The Labute approximate surface area is 132 Å². The molecule has 0 spiro atoms. The molecule has 0 atom stereocenters. The zero-order chi connectivity index (χ0) is 14.4. The summed E-state index contributed by atoms with van der Waals surface area (Å²) in [5, 5.41) is 5.52. The van der Waals surface area contributed by atoms with Crippen LogP contribution in [0, 0.1) is 0 Å². The minimum atomic E-state index is 0.705. The highest BCUT2D eigenvalue weighted by atomic mass is 35.5. The normalized spacial score (nSPS) is 11.4. The number of rotatable bonds is 5. The number of hydrogen-bond acceptors (Lipinski definition) is 3. The van der Waals surface area contributed by atoms with E-state index in [4.69, 9.17) is 28.0 Å². The molecule has 0 aliphatic heterocycles. The Morgan fingerprint density at radius 2 is 1.55 bits per heavy atom. The van der Waals surface area contributed by atoms with E-state index in [-0.39, 0.29) is 0 Å². The Bertz CT molecular complexity index is 582. The number of oxime groups is 1. The quantitative estimate of drug-likeness (QED) is 0.431. The second kappa shape index (κ2) is 7.58. The Morgan fingerprint density at radius 1 is 1.00 bits per heavy atom. The second-order valence-corrected chi connectivity index (χ2v) is 5.89. The van der Waals surface area contributed by atoms with Gasteiger partial charge in [0.2, 0.25) is 0 Å². The van der Waals surface area contributed by atoms with Crippen molar-refractivity contribution in [2.45, 2.75) is 4.90 Å². The molecule has 0 unspecified atom stereocenters. The van der Waals surface area contributed by atoms with Crippen LogP contribution in [0.25, 0.3) is 0 Å². The molecule has 2 nitrogen and oxygen atoms in total. The summed E-state index contributed by atoms with van der Waals surface area (Å²) in [5.41, 5.74) is 1.86. The van der Waals surface area contributed by atoms with Crippen LogP contribution in [0.3, 0.4) is 0 Å². The van der Waals surface area contributed by atoms with Gasteiger partial charge in [-0.05, 0) is 36.4 Å². The highest BCUT2D eigenvalue weighted by molar-refractivity contribution is 8.00. The fourth-order valence-corrected chi connectivity index (χ4v) is 2.70. The molecule has 0 radical (unpaired) electrons. The standard InChI is InChI=1S/C15H13Cl2NOS/c1-19-18-15(11-2-4-12(16)5-3-11)10-20-14-8-6-13(17)7-9-14/h2-9H,10H2,1H3/b18-15-. The van der Waals surface area contributed by atoms with Gasteiger partial charge in [-0.1, -0.05) is 40.5 Å². The van der Waals surface area contributed by atoms with Crippen LogP contribution in [0.15, 0.2) is 58.6 Å². The Hall–Kier alpha value is -1.16. The maximum atomic E-state index is 5.89. The molecule has 104 valence electrons. The molecular formula is C15H13Cl2NOS. The topological polar surface area (TPSA) is 21.6 Å². The van der Waals surface area contributed by atoms with Crippen molar-refractivity contribution in [3.05, 3.63) is 64.1 Å². The van der Waals surface area contributed by atoms with Crippen LogP contribution >= 0.6 is 35.0 Å². The van der Waals surface area contributed by atoms with Crippen molar-refractivity contribution in [1.29, 1.82) is 0 Å². The summed E-state index contributed by atoms with van der Waals surface area (Å²) in [7, 11) is 1.54. The smallest absolute Gasteiger partial charge is 0.106 e. The Morgan fingerprint density at radius 3 is 2.10 bits per heavy atom. The average molecular weight is 326 g/mol. The van der Waals surface area contributed by atoms with Crippen LogP contribution in [0.4, 0.5) is 0 Å². The van der Waals surface area contributed by atoms with Crippen molar-refractivity contribution in [3.63, 3.8) is 0 Å². The molecule has 0 aliphatic rings. The first kappa shape index (κ1) is 15.2. The molecular weight excluding hydrogens is 313 g/mol. The van der Waals surface area contributed by atoms with Crippen molar-refractivity contribution < 1.29 is 4.84 Å². The molecule has 0 N–H and O–H groups in total. The molecule has 0 bridgehead atoms. The van der Waals surface area contributed by atoms with E-state index in [2.05, 4.69) is 5.16 Å². The lowest BCUT2D eigenvalue weighted by atomic mass is 10.1. The molecule has 0 heterocycles. The predicted octanol–water partition coefficient (Wildman–Crippen LogP) is 5.14. The molecule has 0 aliphatic carbocycles. The van der Waals surface area contributed by atoms with Gasteiger partial charge in [-0.15, -0.1) is 11.8 Å². The zero-order valence-electron chi connectivity index (χ0n) is 10.8. The summed E-state index contributed by atoms with van der Waals surface area (Å²) >= 11 is 13.4. The Kier molecular flexibility index (Phi) is 5.77. The van der Waals surface area contributed by atoms with Gasteiger partial charge >= 0.3 is 0 Å².